The summed E-state index contributed by atoms with van der Waals surface area (Å²) in [5.74, 6) is -1.02. The third kappa shape index (κ3) is 1.90. The zero-order chi connectivity index (χ0) is 12.6. The summed E-state index contributed by atoms with van der Waals surface area (Å²) in [5.41, 5.74) is 10.7. The number of H-pyrrole nitrogens is 1. The molecule has 0 saturated heterocycles. The highest BCUT2D eigenvalue weighted by Gasteiger charge is 2.33. The van der Waals surface area contributed by atoms with Crippen molar-refractivity contribution in [3.8, 4) is 0 Å². The first-order valence-electron chi connectivity index (χ1n) is 5.17. The molecule has 0 radical (unpaired) electrons. The monoisotopic (exact) mass is 238 g/mol. The molecule has 1 aliphatic carbocycles. The van der Waals surface area contributed by atoms with Crippen LogP contribution in [0.1, 0.15) is 11.5 Å². The lowest BCUT2D eigenvalue weighted by atomic mass is 9.94. The van der Waals surface area contributed by atoms with E-state index < -0.39 is 23.5 Å². The topological polar surface area (TPSA) is 138 Å². The Morgan fingerprint density at radius 3 is 2.65 bits per heavy atom. The number of aromatic nitrogens is 2. The second-order valence-electron chi connectivity index (χ2n) is 4.00. The van der Waals surface area contributed by atoms with E-state index >= 15 is 0 Å². The first-order valence-corrected chi connectivity index (χ1v) is 5.17. The van der Waals surface area contributed by atoms with Crippen LogP contribution in [-0.2, 0) is 0 Å². The van der Waals surface area contributed by atoms with Crippen molar-refractivity contribution in [2.45, 2.75) is 12.0 Å². The fraction of sp³-hybridized carbons (Fsp3) is 0.400. The highest BCUT2D eigenvalue weighted by molar-refractivity contribution is 5.47. The van der Waals surface area contributed by atoms with E-state index in [9.17, 15) is 9.90 Å². The fourth-order valence-electron chi connectivity index (χ4n) is 2.03. The van der Waals surface area contributed by atoms with Crippen LogP contribution < -0.4 is 17.0 Å². The lowest BCUT2D eigenvalue weighted by molar-refractivity contribution is 0.0911. The van der Waals surface area contributed by atoms with Crippen LogP contribution in [-0.4, -0.2) is 32.9 Å². The lowest BCUT2D eigenvalue weighted by Gasteiger charge is -2.19. The summed E-state index contributed by atoms with van der Waals surface area (Å²) in [5, 5.41) is 19.0. The Hall–Kier alpha value is -1.86. The fourth-order valence-corrected chi connectivity index (χ4v) is 2.03. The summed E-state index contributed by atoms with van der Waals surface area (Å²) >= 11 is 0. The number of nitrogens with zero attached hydrogens (tertiary/aromatic N) is 1. The summed E-state index contributed by atoms with van der Waals surface area (Å²) < 4.78 is 0. The van der Waals surface area contributed by atoms with Crippen molar-refractivity contribution >= 4 is 11.8 Å². The van der Waals surface area contributed by atoms with Crippen LogP contribution in [0.25, 0.3) is 0 Å². The lowest BCUT2D eigenvalue weighted by Crippen LogP contribution is -2.29. The second kappa shape index (κ2) is 4.19. The number of anilines is 2. The van der Waals surface area contributed by atoms with Crippen LogP contribution in [0.3, 0.4) is 0 Å². The minimum atomic E-state index is -0.881. The smallest absolute Gasteiger partial charge is 0.258 e. The largest absolute Gasteiger partial charge is 0.396 e. The van der Waals surface area contributed by atoms with Gasteiger partial charge in [0.05, 0.1) is 18.3 Å². The van der Waals surface area contributed by atoms with Gasteiger partial charge in [0.25, 0.3) is 5.56 Å². The van der Waals surface area contributed by atoms with Gasteiger partial charge < -0.3 is 21.7 Å². The van der Waals surface area contributed by atoms with Crippen LogP contribution in [0.5, 0.6) is 0 Å². The highest BCUT2D eigenvalue weighted by Crippen LogP contribution is 2.32. The van der Waals surface area contributed by atoms with Crippen molar-refractivity contribution in [2.75, 3.05) is 18.1 Å². The number of nitrogen functional groups attached to an aromatic ring is 2. The number of nitrogens with two attached hydrogens (primary N) is 2. The van der Waals surface area contributed by atoms with Crippen LogP contribution in [0.15, 0.2) is 16.9 Å². The number of nitrogens with one attached hydrogen (secondary N) is 1. The first-order chi connectivity index (χ1) is 8.04. The molecule has 3 atom stereocenters. The number of rotatable bonds is 2. The summed E-state index contributed by atoms with van der Waals surface area (Å²) in [6.45, 7) is -0.186. The Kier molecular flexibility index (Phi) is 2.86. The number of aromatic amines is 1. The Labute approximate surface area is 96.8 Å². The number of aliphatic hydroxyl groups is 2. The van der Waals surface area contributed by atoms with Gasteiger partial charge in [0.15, 0.2) is 0 Å². The molecule has 7 heteroatoms. The SMILES string of the molecule is Nc1nc(N)c([C@@H]2C=C[C@H](CO)[C@H]2O)c(=O)[nH]1. The van der Waals surface area contributed by atoms with Gasteiger partial charge in [-0.05, 0) is 0 Å². The minimum Gasteiger partial charge on any atom is -0.396 e. The van der Waals surface area contributed by atoms with Crippen molar-refractivity contribution in [2.24, 2.45) is 5.92 Å². The molecule has 1 aromatic heterocycles. The molecular weight excluding hydrogens is 224 g/mol. The molecular formula is C10H14N4O3. The molecule has 7 N–H and O–H groups in total. The Morgan fingerprint density at radius 1 is 1.41 bits per heavy atom. The van der Waals surface area contributed by atoms with Crippen molar-refractivity contribution in [1.82, 2.24) is 9.97 Å². The molecule has 0 aromatic carbocycles. The van der Waals surface area contributed by atoms with E-state index in [4.69, 9.17) is 16.6 Å². The zero-order valence-electron chi connectivity index (χ0n) is 9.00. The van der Waals surface area contributed by atoms with Crippen LogP contribution in [0.4, 0.5) is 11.8 Å². The molecule has 17 heavy (non-hydrogen) atoms. The van der Waals surface area contributed by atoms with E-state index in [2.05, 4.69) is 9.97 Å². The molecule has 1 aliphatic rings. The number of hydrogen-bond acceptors (Lipinski definition) is 6. The Morgan fingerprint density at radius 2 is 2.12 bits per heavy atom. The van der Waals surface area contributed by atoms with E-state index in [0.717, 1.165) is 0 Å². The molecule has 0 spiro atoms. The standard InChI is InChI=1S/C10H14N4O3/c11-8-6(9(17)14-10(12)13-8)5-2-1-4(3-15)7(5)16/h1-2,4-5,7,15-16H,3H2,(H5,11,12,13,14,17)/t4-,5+,7-/m1/s1. The van der Waals surface area contributed by atoms with Crippen LogP contribution in [0.2, 0.25) is 0 Å². The van der Waals surface area contributed by atoms with Gasteiger partial charge >= 0.3 is 0 Å². The average molecular weight is 238 g/mol. The molecule has 0 unspecified atom stereocenters. The minimum absolute atomic E-state index is 0.00135. The molecule has 1 aromatic rings. The summed E-state index contributed by atoms with van der Waals surface area (Å²) in [7, 11) is 0. The van der Waals surface area contributed by atoms with Gasteiger partial charge in [-0.15, -0.1) is 0 Å². The van der Waals surface area contributed by atoms with E-state index in [-0.39, 0.29) is 23.9 Å². The third-order valence-corrected chi connectivity index (χ3v) is 2.92. The average Bonchev–Trinajstić information content (AvgIpc) is 2.59. The summed E-state index contributed by atoms with van der Waals surface area (Å²) in [6.07, 6.45) is 2.42. The molecule has 0 aliphatic heterocycles. The van der Waals surface area contributed by atoms with Gasteiger partial charge in [0.1, 0.15) is 5.82 Å². The Bertz CT molecular complexity index is 511. The predicted octanol–water partition coefficient (Wildman–Crippen LogP) is -1.44. The van der Waals surface area contributed by atoms with Gasteiger partial charge in [-0.1, -0.05) is 12.2 Å². The van der Waals surface area contributed by atoms with Gasteiger partial charge in [0.2, 0.25) is 5.95 Å². The molecule has 2 rings (SSSR count). The van der Waals surface area contributed by atoms with E-state index in [1.165, 1.54) is 0 Å². The second-order valence-corrected chi connectivity index (χ2v) is 4.00. The first kappa shape index (κ1) is 11.6. The van der Waals surface area contributed by atoms with Crippen LogP contribution in [0, 0.1) is 5.92 Å². The van der Waals surface area contributed by atoms with E-state index in [1.54, 1.807) is 12.2 Å². The molecule has 0 bridgehead atoms. The van der Waals surface area contributed by atoms with Crippen molar-refractivity contribution in [1.29, 1.82) is 0 Å². The maximum atomic E-state index is 11.7. The predicted molar refractivity (Wildman–Crippen MR) is 62.1 cm³/mol. The van der Waals surface area contributed by atoms with Gasteiger partial charge in [0, 0.05) is 11.8 Å². The van der Waals surface area contributed by atoms with Crippen molar-refractivity contribution < 1.29 is 10.2 Å². The van der Waals surface area contributed by atoms with Crippen molar-refractivity contribution in [3.63, 3.8) is 0 Å². The van der Waals surface area contributed by atoms with Gasteiger partial charge in [-0.3, -0.25) is 9.78 Å². The van der Waals surface area contributed by atoms with Gasteiger partial charge in [-0.25, -0.2) is 0 Å². The molecule has 0 amide bonds. The molecule has 1 heterocycles. The molecule has 0 saturated carbocycles. The maximum absolute atomic E-state index is 11.7. The molecule has 0 fully saturated rings. The number of aliphatic hydroxyl groups excluding tert-OH is 2. The summed E-state index contributed by atoms with van der Waals surface area (Å²) in [6, 6.07) is 0. The summed E-state index contributed by atoms with van der Waals surface area (Å²) in [4.78, 5) is 17.8. The van der Waals surface area contributed by atoms with Gasteiger partial charge in [-0.2, -0.15) is 4.98 Å². The van der Waals surface area contributed by atoms with Crippen molar-refractivity contribution in [3.05, 3.63) is 28.1 Å². The quantitative estimate of drug-likeness (QED) is 0.400. The normalized spacial score (nSPS) is 27.5. The molecule has 7 nitrogen and oxygen atoms in total. The van der Waals surface area contributed by atoms with Crippen LogP contribution >= 0.6 is 0 Å². The number of hydrogen-bond donors (Lipinski definition) is 5. The molecule has 92 valence electrons. The Balaban J connectivity index is 2.43. The van der Waals surface area contributed by atoms with E-state index in [1.807, 2.05) is 0 Å². The highest BCUT2D eigenvalue weighted by atomic mass is 16.3. The van der Waals surface area contributed by atoms with E-state index in [0.29, 0.717) is 0 Å². The zero-order valence-corrected chi connectivity index (χ0v) is 9.00. The third-order valence-electron chi connectivity index (χ3n) is 2.92. The maximum Gasteiger partial charge on any atom is 0.258 e.